The lowest BCUT2D eigenvalue weighted by atomic mass is 10.0. The van der Waals surface area contributed by atoms with Crippen molar-refractivity contribution in [2.75, 3.05) is 11.9 Å². The number of nitrogen functional groups attached to an aromatic ring is 1. The van der Waals surface area contributed by atoms with Gasteiger partial charge in [0.2, 0.25) is 7.37 Å². The number of nitrogens with zero attached hydrogens (tertiary/aromatic N) is 1. The summed E-state index contributed by atoms with van der Waals surface area (Å²) >= 11 is 0. The molecule has 0 aliphatic carbocycles. The van der Waals surface area contributed by atoms with Crippen LogP contribution in [0.1, 0.15) is 16.7 Å². The molecule has 11 heteroatoms. The molecule has 1 aromatic carbocycles. The maximum Gasteiger partial charge on any atom is 0.416 e. The van der Waals surface area contributed by atoms with Crippen LogP contribution in [0.3, 0.4) is 0 Å². The van der Waals surface area contributed by atoms with Gasteiger partial charge in [-0.25, -0.2) is 9.37 Å². The van der Waals surface area contributed by atoms with E-state index in [1.807, 2.05) is 0 Å². The van der Waals surface area contributed by atoms with E-state index in [0.29, 0.717) is 11.6 Å². The number of alkyl halides is 3. The van der Waals surface area contributed by atoms with Crippen molar-refractivity contribution >= 4 is 19.2 Å². The fourth-order valence-electron chi connectivity index (χ4n) is 2.60. The van der Waals surface area contributed by atoms with Crippen LogP contribution in [0.4, 0.5) is 23.4 Å². The highest BCUT2D eigenvalue weighted by molar-refractivity contribution is 7.57. The van der Waals surface area contributed by atoms with Gasteiger partial charge < -0.3 is 15.7 Å². The second-order valence-electron chi connectivity index (χ2n) is 6.32. The molecule has 0 saturated heterocycles. The van der Waals surface area contributed by atoms with Gasteiger partial charge in [-0.3, -0.25) is 9.36 Å². The van der Waals surface area contributed by atoms with Gasteiger partial charge in [0.25, 0.3) is 0 Å². The third kappa shape index (κ3) is 6.03. The monoisotopic (exact) mass is 420 g/mol. The normalized spacial score (nSPS) is 15.0. The van der Waals surface area contributed by atoms with Gasteiger partial charge in [-0.2, -0.15) is 13.2 Å². The number of aromatic nitrogens is 1. The Balaban J connectivity index is 2.15. The molecule has 28 heavy (non-hydrogen) atoms. The second kappa shape index (κ2) is 8.28. The topological polar surface area (TPSA) is 114 Å². The zero-order valence-corrected chi connectivity index (χ0v) is 15.3. The number of anilines is 1. The zero-order valence-electron chi connectivity index (χ0n) is 14.4. The van der Waals surface area contributed by atoms with Crippen LogP contribution < -0.4 is 5.73 Å². The maximum absolute atomic E-state index is 13.9. The first-order chi connectivity index (χ1) is 12.9. The van der Waals surface area contributed by atoms with Crippen LogP contribution in [0, 0.1) is 11.7 Å². The van der Waals surface area contributed by atoms with E-state index in [2.05, 4.69) is 4.98 Å². The lowest BCUT2D eigenvalue weighted by Gasteiger charge is -2.18. The molecule has 0 amide bonds. The fraction of sp³-hybridized carbons (Fsp3) is 0.294. The Hall–Kier alpha value is -2.45. The summed E-state index contributed by atoms with van der Waals surface area (Å²) in [7, 11) is -4.20. The standard InChI is InChI=1S/C17H17F4N2O4P/c18-14-6-13(17(19,20)21)3-2-11(14)8-28(26,27)9-12(16(24)25)5-10-1-4-15(22)23-7-10/h1-4,6-7,12H,5,8-9H2,(H2,22,23)(H,24,25)(H,26,27). The predicted octanol–water partition coefficient (Wildman–Crippen LogP) is 3.54. The molecule has 0 aliphatic rings. The molecule has 2 atom stereocenters. The fourth-order valence-corrected chi connectivity index (χ4v) is 4.49. The van der Waals surface area contributed by atoms with Crippen LogP contribution in [-0.2, 0) is 28.1 Å². The number of carboxylic acid groups (broad SMARTS) is 1. The van der Waals surface area contributed by atoms with Crippen molar-refractivity contribution in [2.24, 2.45) is 5.92 Å². The molecule has 4 N–H and O–H groups in total. The van der Waals surface area contributed by atoms with Gasteiger partial charge in [-0.1, -0.05) is 12.1 Å². The third-order valence-corrected chi connectivity index (χ3v) is 5.83. The predicted molar refractivity (Wildman–Crippen MR) is 93.3 cm³/mol. The highest BCUT2D eigenvalue weighted by Crippen LogP contribution is 2.47. The van der Waals surface area contributed by atoms with Gasteiger partial charge in [-0.05, 0) is 35.7 Å². The Morgan fingerprint density at radius 2 is 1.93 bits per heavy atom. The minimum Gasteiger partial charge on any atom is -0.481 e. The van der Waals surface area contributed by atoms with Crippen molar-refractivity contribution in [1.29, 1.82) is 0 Å². The Labute approximate surface area is 157 Å². The zero-order chi connectivity index (χ0) is 21.1. The Morgan fingerprint density at radius 1 is 1.25 bits per heavy atom. The number of halogens is 4. The molecule has 0 bridgehead atoms. The van der Waals surface area contributed by atoms with Crippen molar-refractivity contribution in [3.63, 3.8) is 0 Å². The van der Waals surface area contributed by atoms with Gasteiger partial charge in [0.15, 0.2) is 0 Å². The van der Waals surface area contributed by atoms with E-state index < -0.39 is 54.7 Å². The first kappa shape index (κ1) is 21.8. The Kier molecular flexibility index (Phi) is 6.46. The number of aliphatic carboxylic acids is 1. The van der Waals surface area contributed by atoms with Gasteiger partial charge in [0.1, 0.15) is 11.6 Å². The van der Waals surface area contributed by atoms with Crippen LogP contribution in [0.25, 0.3) is 0 Å². The number of carbonyl (C=O) groups is 1. The molecule has 0 fully saturated rings. The van der Waals surface area contributed by atoms with Crippen LogP contribution in [0.5, 0.6) is 0 Å². The number of rotatable bonds is 7. The van der Waals surface area contributed by atoms with Crippen LogP contribution in [-0.4, -0.2) is 27.1 Å². The molecule has 0 saturated carbocycles. The minimum absolute atomic E-state index is 0.108. The molecular weight excluding hydrogens is 403 g/mol. The number of benzene rings is 1. The highest BCUT2D eigenvalue weighted by Gasteiger charge is 2.33. The summed E-state index contributed by atoms with van der Waals surface area (Å²) in [6, 6.07) is 4.60. The molecule has 0 radical (unpaired) electrons. The van der Waals surface area contributed by atoms with E-state index in [4.69, 9.17) is 5.73 Å². The van der Waals surface area contributed by atoms with Crippen LogP contribution in [0.2, 0.25) is 0 Å². The SMILES string of the molecule is Nc1ccc(CC(CP(=O)(O)Cc2ccc(C(F)(F)F)cc2F)C(=O)O)cn1. The number of carboxylic acids is 1. The number of nitrogens with two attached hydrogens (primary N) is 1. The van der Waals surface area contributed by atoms with Crippen molar-refractivity contribution in [2.45, 2.75) is 18.8 Å². The van der Waals surface area contributed by atoms with E-state index in [1.54, 1.807) is 0 Å². The summed E-state index contributed by atoms with van der Waals surface area (Å²) in [5.41, 5.74) is 4.30. The summed E-state index contributed by atoms with van der Waals surface area (Å²) in [6.07, 6.45) is -4.97. The second-order valence-corrected chi connectivity index (χ2v) is 8.70. The molecule has 0 aliphatic heterocycles. The van der Waals surface area contributed by atoms with Gasteiger partial charge in [0, 0.05) is 12.4 Å². The molecule has 2 rings (SSSR count). The van der Waals surface area contributed by atoms with Gasteiger partial charge >= 0.3 is 12.1 Å². The van der Waals surface area contributed by atoms with E-state index in [-0.39, 0.29) is 18.3 Å². The Morgan fingerprint density at radius 3 is 2.43 bits per heavy atom. The lowest BCUT2D eigenvalue weighted by molar-refractivity contribution is -0.141. The number of pyridine rings is 1. The van der Waals surface area contributed by atoms with Crippen LogP contribution >= 0.6 is 7.37 Å². The molecule has 152 valence electrons. The van der Waals surface area contributed by atoms with Crippen molar-refractivity contribution in [1.82, 2.24) is 4.98 Å². The highest BCUT2D eigenvalue weighted by atomic mass is 31.2. The molecule has 2 aromatic rings. The maximum atomic E-state index is 13.9. The Bertz CT molecular complexity index is 903. The molecule has 0 spiro atoms. The molecule has 1 heterocycles. The average molecular weight is 420 g/mol. The summed E-state index contributed by atoms with van der Waals surface area (Å²) in [5.74, 6) is -3.65. The summed E-state index contributed by atoms with van der Waals surface area (Å²) in [4.78, 5) is 25.4. The first-order valence-corrected chi connectivity index (χ1v) is 10.00. The minimum atomic E-state index is -4.75. The van der Waals surface area contributed by atoms with E-state index >= 15 is 0 Å². The van der Waals surface area contributed by atoms with Crippen molar-refractivity contribution < 1.29 is 36.9 Å². The van der Waals surface area contributed by atoms with Crippen molar-refractivity contribution in [3.8, 4) is 0 Å². The number of hydrogen-bond acceptors (Lipinski definition) is 4. The van der Waals surface area contributed by atoms with Gasteiger partial charge in [0.05, 0.1) is 17.6 Å². The summed E-state index contributed by atoms with van der Waals surface area (Å²) < 4.78 is 64.1. The first-order valence-electron chi connectivity index (χ1n) is 7.97. The van der Waals surface area contributed by atoms with Crippen molar-refractivity contribution in [3.05, 3.63) is 59.0 Å². The average Bonchev–Trinajstić information content (AvgIpc) is 2.56. The molecule has 6 nitrogen and oxygen atoms in total. The quantitative estimate of drug-likeness (QED) is 0.467. The molecule has 1 aromatic heterocycles. The van der Waals surface area contributed by atoms with E-state index in [0.717, 1.165) is 6.07 Å². The third-order valence-electron chi connectivity index (χ3n) is 3.98. The molecular formula is C17H17F4N2O4P. The van der Waals surface area contributed by atoms with E-state index in [9.17, 15) is 36.9 Å². The molecule has 2 unspecified atom stereocenters. The summed E-state index contributed by atoms with van der Waals surface area (Å²) in [5, 5.41) is 9.32. The lowest BCUT2D eigenvalue weighted by Crippen LogP contribution is -2.21. The summed E-state index contributed by atoms with van der Waals surface area (Å²) in [6.45, 7) is 0. The van der Waals surface area contributed by atoms with E-state index in [1.165, 1.54) is 18.3 Å². The van der Waals surface area contributed by atoms with Gasteiger partial charge in [-0.15, -0.1) is 0 Å². The smallest absolute Gasteiger partial charge is 0.416 e. The number of hydrogen-bond donors (Lipinski definition) is 3. The van der Waals surface area contributed by atoms with Crippen LogP contribution in [0.15, 0.2) is 36.5 Å². The largest absolute Gasteiger partial charge is 0.481 e.